The second-order valence-corrected chi connectivity index (χ2v) is 5.79. The molecule has 0 amide bonds. The topological polar surface area (TPSA) is 37.3 Å². The highest BCUT2D eigenvalue weighted by molar-refractivity contribution is 5.69. The molecule has 0 bridgehead atoms. The zero-order valence-corrected chi connectivity index (χ0v) is 13.1. The average Bonchev–Trinajstić information content (AvgIpc) is 2.39. The number of carboxylic acids is 1. The van der Waals surface area contributed by atoms with E-state index in [9.17, 15) is 9.90 Å². The van der Waals surface area contributed by atoms with Gasteiger partial charge in [0, 0.05) is 0 Å². The van der Waals surface area contributed by atoms with Gasteiger partial charge < -0.3 is 5.11 Å². The van der Waals surface area contributed by atoms with Gasteiger partial charge in [0.15, 0.2) is 0 Å². The maximum Gasteiger partial charge on any atom is 0.306 e. The van der Waals surface area contributed by atoms with Crippen LogP contribution in [0.25, 0.3) is 0 Å². The molecule has 1 atom stereocenters. The number of unbranched alkanes of at least 4 members (excludes halogenated alkanes) is 9. The van der Waals surface area contributed by atoms with Gasteiger partial charge >= 0.3 is 5.97 Å². The largest absolute Gasteiger partial charge is 0.481 e. The lowest BCUT2D eigenvalue weighted by molar-refractivity contribution is -0.142. The van der Waals surface area contributed by atoms with Gasteiger partial charge in [-0.3, -0.25) is 4.79 Å². The van der Waals surface area contributed by atoms with Crippen molar-refractivity contribution in [2.24, 2.45) is 5.92 Å². The standard InChI is InChI=1S/C17H34O2/c1-3-5-7-8-9-10-11-13-15-16(17(18)19)14-12-6-4-2/h16H,3-15H2,1-2H3,(H,18,19). The molecule has 0 aromatic heterocycles. The summed E-state index contributed by atoms with van der Waals surface area (Å²) in [6, 6.07) is 0. The van der Waals surface area contributed by atoms with Crippen LogP contribution in [0.1, 0.15) is 97.3 Å². The molecule has 0 radical (unpaired) electrons. The zero-order valence-electron chi connectivity index (χ0n) is 13.1. The zero-order chi connectivity index (χ0) is 14.3. The minimum atomic E-state index is -0.584. The van der Waals surface area contributed by atoms with Crippen LogP contribution in [-0.4, -0.2) is 11.1 Å². The Kier molecular flexibility index (Phi) is 13.5. The smallest absolute Gasteiger partial charge is 0.306 e. The van der Waals surface area contributed by atoms with Crippen molar-refractivity contribution in [2.45, 2.75) is 97.3 Å². The first kappa shape index (κ1) is 18.5. The van der Waals surface area contributed by atoms with Gasteiger partial charge in [-0.15, -0.1) is 0 Å². The molecule has 0 saturated carbocycles. The molecule has 19 heavy (non-hydrogen) atoms. The maximum absolute atomic E-state index is 11.1. The van der Waals surface area contributed by atoms with Gasteiger partial charge in [-0.2, -0.15) is 0 Å². The van der Waals surface area contributed by atoms with Gasteiger partial charge in [0.05, 0.1) is 5.92 Å². The van der Waals surface area contributed by atoms with E-state index in [1.165, 1.54) is 57.8 Å². The number of carbonyl (C=O) groups is 1. The first-order valence-electron chi connectivity index (χ1n) is 8.45. The van der Waals surface area contributed by atoms with Crippen molar-refractivity contribution >= 4 is 5.97 Å². The van der Waals surface area contributed by atoms with E-state index in [4.69, 9.17) is 0 Å². The van der Waals surface area contributed by atoms with Gasteiger partial charge in [-0.05, 0) is 12.8 Å². The van der Waals surface area contributed by atoms with Gasteiger partial charge in [0.25, 0.3) is 0 Å². The normalized spacial score (nSPS) is 12.5. The minimum absolute atomic E-state index is 0.0911. The van der Waals surface area contributed by atoms with Crippen LogP contribution in [0.2, 0.25) is 0 Å². The van der Waals surface area contributed by atoms with E-state index >= 15 is 0 Å². The van der Waals surface area contributed by atoms with Gasteiger partial charge in [0.2, 0.25) is 0 Å². The van der Waals surface area contributed by atoms with Crippen molar-refractivity contribution in [3.8, 4) is 0 Å². The van der Waals surface area contributed by atoms with Crippen molar-refractivity contribution in [1.29, 1.82) is 0 Å². The number of hydrogen-bond acceptors (Lipinski definition) is 1. The summed E-state index contributed by atoms with van der Waals surface area (Å²) in [5.41, 5.74) is 0. The van der Waals surface area contributed by atoms with Gasteiger partial charge in [-0.25, -0.2) is 0 Å². The highest BCUT2D eigenvalue weighted by atomic mass is 16.4. The summed E-state index contributed by atoms with van der Waals surface area (Å²) in [5.74, 6) is -0.675. The number of hydrogen-bond donors (Lipinski definition) is 1. The van der Waals surface area contributed by atoms with Crippen molar-refractivity contribution < 1.29 is 9.90 Å². The van der Waals surface area contributed by atoms with Crippen molar-refractivity contribution in [2.75, 3.05) is 0 Å². The molecule has 114 valence electrons. The van der Waals surface area contributed by atoms with Crippen LogP contribution >= 0.6 is 0 Å². The lowest BCUT2D eigenvalue weighted by atomic mass is 9.94. The highest BCUT2D eigenvalue weighted by Gasteiger charge is 2.15. The van der Waals surface area contributed by atoms with E-state index in [1.807, 2.05) is 0 Å². The van der Waals surface area contributed by atoms with Crippen molar-refractivity contribution in [3.05, 3.63) is 0 Å². The van der Waals surface area contributed by atoms with E-state index < -0.39 is 5.97 Å². The first-order chi connectivity index (χ1) is 9.22. The number of aliphatic carboxylic acids is 1. The molecule has 2 heteroatoms. The Morgan fingerprint density at radius 3 is 1.58 bits per heavy atom. The Balaban J connectivity index is 3.45. The van der Waals surface area contributed by atoms with Crippen molar-refractivity contribution in [3.63, 3.8) is 0 Å². The monoisotopic (exact) mass is 270 g/mol. The van der Waals surface area contributed by atoms with Gasteiger partial charge in [0.1, 0.15) is 0 Å². The summed E-state index contributed by atoms with van der Waals surface area (Å²) in [6.45, 7) is 4.40. The van der Waals surface area contributed by atoms with Crippen LogP contribution in [0.3, 0.4) is 0 Å². The fraction of sp³-hybridized carbons (Fsp3) is 0.941. The van der Waals surface area contributed by atoms with Crippen LogP contribution < -0.4 is 0 Å². The summed E-state index contributed by atoms with van der Waals surface area (Å²) in [6.07, 6.45) is 15.5. The second-order valence-electron chi connectivity index (χ2n) is 5.79. The fourth-order valence-electron chi connectivity index (χ4n) is 2.56. The van der Waals surface area contributed by atoms with E-state index in [0.717, 1.165) is 25.7 Å². The summed E-state index contributed by atoms with van der Waals surface area (Å²) in [7, 11) is 0. The maximum atomic E-state index is 11.1. The first-order valence-corrected chi connectivity index (χ1v) is 8.45. The Morgan fingerprint density at radius 1 is 0.737 bits per heavy atom. The minimum Gasteiger partial charge on any atom is -0.481 e. The van der Waals surface area contributed by atoms with Crippen LogP contribution in [0.4, 0.5) is 0 Å². The Labute approximate surface area is 120 Å². The molecule has 0 aromatic carbocycles. The predicted octanol–water partition coefficient (Wildman–Crippen LogP) is 5.80. The van der Waals surface area contributed by atoms with Crippen LogP contribution in [-0.2, 0) is 4.79 Å². The molecule has 0 aliphatic carbocycles. The highest BCUT2D eigenvalue weighted by Crippen LogP contribution is 2.18. The number of rotatable bonds is 14. The molecule has 0 fully saturated rings. The third-order valence-corrected chi connectivity index (χ3v) is 3.91. The summed E-state index contributed by atoms with van der Waals surface area (Å²) in [5, 5.41) is 9.17. The molecule has 0 heterocycles. The fourth-order valence-corrected chi connectivity index (χ4v) is 2.56. The summed E-state index contributed by atoms with van der Waals surface area (Å²) >= 11 is 0. The molecule has 1 N–H and O–H groups in total. The molecule has 0 rings (SSSR count). The Hall–Kier alpha value is -0.530. The van der Waals surface area contributed by atoms with Crippen LogP contribution in [0.15, 0.2) is 0 Å². The molecular formula is C17H34O2. The molecule has 0 saturated heterocycles. The Bertz CT molecular complexity index is 201. The van der Waals surface area contributed by atoms with E-state index in [0.29, 0.717) is 0 Å². The summed E-state index contributed by atoms with van der Waals surface area (Å²) in [4.78, 5) is 11.1. The van der Waals surface area contributed by atoms with Crippen LogP contribution in [0.5, 0.6) is 0 Å². The molecule has 0 aliphatic rings. The molecule has 0 spiro atoms. The van der Waals surface area contributed by atoms with E-state index in [2.05, 4.69) is 13.8 Å². The third kappa shape index (κ3) is 12.3. The molecule has 0 aliphatic heterocycles. The quantitative estimate of drug-likeness (QED) is 0.405. The predicted molar refractivity (Wildman–Crippen MR) is 82.5 cm³/mol. The molecule has 2 nitrogen and oxygen atoms in total. The third-order valence-electron chi connectivity index (χ3n) is 3.91. The molecular weight excluding hydrogens is 236 g/mol. The lowest BCUT2D eigenvalue weighted by Gasteiger charge is -2.11. The SMILES string of the molecule is CCCCCCCCCCC(CCCCC)C(=O)O. The van der Waals surface area contributed by atoms with Crippen LogP contribution in [0, 0.1) is 5.92 Å². The average molecular weight is 270 g/mol. The molecule has 1 unspecified atom stereocenters. The van der Waals surface area contributed by atoms with Crippen molar-refractivity contribution in [1.82, 2.24) is 0 Å². The molecule has 0 aromatic rings. The lowest BCUT2D eigenvalue weighted by Crippen LogP contribution is -2.13. The summed E-state index contributed by atoms with van der Waals surface area (Å²) < 4.78 is 0. The number of carboxylic acid groups (broad SMARTS) is 1. The van der Waals surface area contributed by atoms with E-state index in [1.54, 1.807) is 0 Å². The second kappa shape index (κ2) is 13.9. The van der Waals surface area contributed by atoms with E-state index in [-0.39, 0.29) is 5.92 Å². The van der Waals surface area contributed by atoms with Gasteiger partial charge in [-0.1, -0.05) is 84.5 Å². The Morgan fingerprint density at radius 2 is 1.11 bits per heavy atom.